The van der Waals surface area contributed by atoms with E-state index in [1.54, 1.807) is 24.3 Å². The molecule has 0 saturated heterocycles. The molecule has 2 aromatic rings. The van der Waals surface area contributed by atoms with Crippen LogP contribution in [0.15, 0.2) is 29.1 Å². The number of H-pyrrole nitrogens is 1. The summed E-state index contributed by atoms with van der Waals surface area (Å²) in [5.74, 6) is 0. The maximum atomic E-state index is 11.4. The molecule has 0 bridgehead atoms. The van der Waals surface area contributed by atoms with Crippen molar-refractivity contribution < 1.29 is 0 Å². The number of nitrogens with two attached hydrogens (primary N) is 1. The third-order valence-electron chi connectivity index (χ3n) is 2.10. The number of benzene rings is 1. The molecule has 0 aliphatic heterocycles. The summed E-state index contributed by atoms with van der Waals surface area (Å²) in [4.78, 5) is 14.1. The number of hydrogen-bond donors (Lipinski definition) is 2. The maximum absolute atomic E-state index is 11.4. The number of hydrogen-bond acceptors (Lipinski definition) is 2. The van der Waals surface area contributed by atoms with E-state index in [1.165, 1.54) is 0 Å². The van der Waals surface area contributed by atoms with Crippen molar-refractivity contribution in [3.05, 3.63) is 45.2 Å². The van der Waals surface area contributed by atoms with Gasteiger partial charge in [-0.1, -0.05) is 11.6 Å². The molecule has 72 valence electrons. The standard InChI is InChI=1S/C10H9ClN2O/c11-8-1-2-9-6(4-8)3-7(5-12)10(14)13-9/h1-4H,5,12H2,(H,13,14). The summed E-state index contributed by atoms with van der Waals surface area (Å²) < 4.78 is 0. The van der Waals surface area contributed by atoms with Crippen molar-refractivity contribution in [3.8, 4) is 0 Å². The molecule has 0 aliphatic carbocycles. The lowest BCUT2D eigenvalue weighted by atomic mass is 10.1. The van der Waals surface area contributed by atoms with Gasteiger partial charge in [-0.2, -0.15) is 0 Å². The van der Waals surface area contributed by atoms with Gasteiger partial charge in [0, 0.05) is 28.0 Å². The van der Waals surface area contributed by atoms with Crippen LogP contribution >= 0.6 is 11.6 Å². The van der Waals surface area contributed by atoms with Crippen LogP contribution in [0.2, 0.25) is 5.02 Å². The molecule has 3 nitrogen and oxygen atoms in total. The summed E-state index contributed by atoms with van der Waals surface area (Å²) in [6.07, 6.45) is 0. The van der Waals surface area contributed by atoms with Gasteiger partial charge in [-0.05, 0) is 24.3 Å². The Hall–Kier alpha value is -1.32. The van der Waals surface area contributed by atoms with E-state index in [-0.39, 0.29) is 12.1 Å². The quantitative estimate of drug-likeness (QED) is 0.749. The number of rotatable bonds is 1. The van der Waals surface area contributed by atoms with E-state index >= 15 is 0 Å². The summed E-state index contributed by atoms with van der Waals surface area (Å²) in [6, 6.07) is 7.08. The molecule has 0 radical (unpaired) electrons. The number of pyridine rings is 1. The minimum absolute atomic E-state index is 0.137. The smallest absolute Gasteiger partial charge is 0.252 e. The molecular weight excluding hydrogens is 200 g/mol. The van der Waals surface area contributed by atoms with Gasteiger partial charge in [-0.15, -0.1) is 0 Å². The van der Waals surface area contributed by atoms with Crippen LogP contribution in [0.3, 0.4) is 0 Å². The van der Waals surface area contributed by atoms with Crippen molar-refractivity contribution in [3.63, 3.8) is 0 Å². The molecule has 1 aromatic heterocycles. The van der Waals surface area contributed by atoms with Gasteiger partial charge in [-0.3, -0.25) is 4.79 Å². The van der Waals surface area contributed by atoms with Gasteiger partial charge in [0.2, 0.25) is 0 Å². The number of aromatic amines is 1. The van der Waals surface area contributed by atoms with Gasteiger partial charge in [0.25, 0.3) is 5.56 Å². The zero-order chi connectivity index (χ0) is 10.1. The van der Waals surface area contributed by atoms with Crippen LogP contribution < -0.4 is 11.3 Å². The van der Waals surface area contributed by atoms with Crippen LogP contribution in [0, 0.1) is 0 Å². The molecule has 0 aliphatic rings. The molecule has 3 N–H and O–H groups in total. The molecule has 1 heterocycles. The van der Waals surface area contributed by atoms with Crippen molar-refractivity contribution in [1.82, 2.24) is 4.98 Å². The van der Waals surface area contributed by atoms with Crippen LogP contribution in [0.5, 0.6) is 0 Å². The lowest BCUT2D eigenvalue weighted by molar-refractivity contribution is 1.03. The highest BCUT2D eigenvalue weighted by molar-refractivity contribution is 6.31. The molecule has 0 unspecified atom stereocenters. The molecule has 0 atom stereocenters. The summed E-state index contributed by atoms with van der Waals surface area (Å²) >= 11 is 5.83. The summed E-state index contributed by atoms with van der Waals surface area (Å²) in [6.45, 7) is 0.234. The SMILES string of the molecule is NCc1cc2cc(Cl)ccc2[nH]c1=O. The van der Waals surface area contributed by atoms with Gasteiger partial charge < -0.3 is 10.7 Å². The van der Waals surface area contributed by atoms with E-state index in [2.05, 4.69) is 4.98 Å². The third kappa shape index (κ3) is 1.52. The second kappa shape index (κ2) is 3.44. The van der Waals surface area contributed by atoms with Gasteiger partial charge >= 0.3 is 0 Å². The van der Waals surface area contributed by atoms with Crippen LogP contribution in [0.25, 0.3) is 10.9 Å². The first-order chi connectivity index (χ1) is 6.70. The molecular formula is C10H9ClN2O. The number of nitrogens with one attached hydrogen (secondary N) is 1. The van der Waals surface area contributed by atoms with Crippen molar-refractivity contribution >= 4 is 22.5 Å². The Bertz CT molecular complexity index is 533. The fraction of sp³-hybridized carbons (Fsp3) is 0.100. The Labute approximate surface area is 85.5 Å². The average Bonchev–Trinajstić information content (AvgIpc) is 2.17. The normalized spacial score (nSPS) is 10.7. The molecule has 0 saturated carbocycles. The van der Waals surface area contributed by atoms with Crippen molar-refractivity contribution in [2.45, 2.75) is 6.54 Å². The molecule has 0 fully saturated rings. The first-order valence-corrected chi connectivity index (χ1v) is 4.60. The molecule has 2 rings (SSSR count). The van der Waals surface area contributed by atoms with Crippen LogP contribution in [0.1, 0.15) is 5.56 Å². The minimum Gasteiger partial charge on any atom is -0.326 e. The minimum atomic E-state index is -0.137. The van der Waals surface area contributed by atoms with Crippen molar-refractivity contribution in [2.24, 2.45) is 5.73 Å². The lowest BCUT2D eigenvalue weighted by Crippen LogP contribution is -2.15. The van der Waals surface area contributed by atoms with Crippen molar-refractivity contribution in [1.29, 1.82) is 0 Å². The van der Waals surface area contributed by atoms with E-state index in [0.717, 1.165) is 10.9 Å². The third-order valence-corrected chi connectivity index (χ3v) is 2.34. The highest BCUT2D eigenvalue weighted by atomic mass is 35.5. The Morgan fingerprint density at radius 1 is 1.36 bits per heavy atom. The van der Waals surface area contributed by atoms with E-state index < -0.39 is 0 Å². The number of fused-ring (bicyclic) bond motifs is 1. The fourth-order valence-corrected chi connectivity index (χ4v) is 1.55. The van der Waals surface area contributed by atoms with E-state index in [1.807, 2.05) is 0 Å². The van der Waals surface area contributed by atoms with Crippen LogP contribution in [-0.2, 0) is 6.54 Å². The topological polar surface area (TPSA) is 58.9 Å². The maximum Gasteiger partial charge on any atom is 0.252 e. The van der Waals surface area contributed by atoms with Gasteiger partial charge in [0.1, 0.15) is 0 Å². The number of aromatic nitrogens is 1. The van der Waals surface area contributed by atoms with E-state index in [9.17, 15) is 4.79 Å². The zero-order valence-corrected chi connectivity index (χ0v) is 8.14. The highest BCUT2D eigenvalue weighted by Gasteiger charge is 2.00. The molecule has 0 spiro atoms. The van der Waals surface area contributed by atoms with Crippen molar-refractivity contribution in [2.75, 3.05) is 0 Å². The van der Waals surface area contributed by atoms with Gasteiger partial charge in [0.15, 0.2) is 0 Å². The van der Waals surface area contributed by atoms with Crippen LogP contribution in [0.4, 0.5) is 0 Å². The van der Waals surface area contributed by atoms with Crippen LogP contribution in [-0.4, -0.2) is 4.98 Å². The fourth-order valence-electron chi connectivity index (χ4n) is 1.37. The van der Waals surface area contributed by atoms with Gasteiger partial charge in [0.05, 0.1) is 0 Å². The molecule has 14 heavy (non-hydrogen) atoms. The monoisotopic (exact) mass is 208 g/mol. The van der Waals surface area contributed by atoms with E-state index in [4.69, 9.17) is 17.3 Å². The molecule has 1 aromatic carbocycles. The Morgan fingerprint density at radius 3 is 2.86 bits per heavy atom. The number of halogens is 1. The first-order valence-electron chi connectivity index (χ1n) is 4.22. The second-order valence-electron chi connectivity index (χ2n) is 3.06. The van der Waals surface area contributed by atoms with E-state index in [0.29, 0.717) is 10.6 Å². The molecule has 0 amide bonds. The Balaban J connectivity index is 2.80. The predicted molar refractivity (Wildman–Crippen MR) is 57.5 cm³/mol. The second-order valence-corrected chi connectivity index (χ2v) is 3.50. The summed E-state index contributed by atoms with van der Waals surface area (Å²) in [7, 11) is 0. The van der Waals surface area contributed by atoms with Gasteiger partial charge in [-0.25, -0.2) is 0 Å². The lowest BCUT2D eigenvalue weighted by Gasteiger charge is -2.00. The predicted octanol–water partition coefficient (Wildman–Crippen LogP) is 1.64. The summed E-state index contributed by atoms with van der Waals surface area (Å²) in [5.41, 5.74) is 6.63. The average molecular weight is 209 g/mol. The Morgan fingerprint density at radius 2 is 2.14 bits per heavy atom. The zero-order valence-electron chi connectivity index (χ0n) is 7.38. The highest BCUT2D eigenvalue weighted by Crippen LogP contribution is 2.16. The summed E-state index contributed by atoms with van der Waals surface area (Å²) in [5, 5.41) is 1.55. The first kappa shape index (κ1) is 9.24. The largest absolute Gasteiger partial charge is 0.326 e. The Kier molecular flexibility index (Phi) is 2.27. The molecule has 4 heteroatoms.